The molecule has 1 aromatic rings. The first-order chi connectivity index (χ1) is 9.55. The van der Waals surface area contributed by atoms with E-state index in [2.05, 4.69) is 0 Å². The summed E-state index contributed by atoms with van der Waals surface area (Å²) in [5.74, 6) is -0.680. The average Bonchev–Trinajstić information content (AvgIpc) is 2.35. The largest absolute Gasteiger partial charge is 0.375 e. The van der Waals surface area contributed by atoms with Gasteiger partial charge in [-0.15, -0.1) is 0 Å². The number of hydrogen-bond acceptors (Lipinski definition) is 4. The van der Waals surface area contributed by atoms with Gasteiger partial charge in [-0.2, -0.15) is 0 Å². The molecular formula is C12H16Cl2FNO4S. The van der Waals surface area contributed by atoms with Crippen molar-refractivity contribution in [3.05, 3.63) is 35.4 Å². The number of rotatable bonds is 4. The highest BCUT2D eigenvalue weighted by atomic mass is 35.5. The Balaban J connectivity index is 0.000000471. The highest BCUT2D eigenvalue weighted by molar-refractivity contribution is 7.91. The Morgan fingerprint density at radius 3 is 2.05 bits per heavy atom. The second-order valence-corrected chi connectivity index (χ2v) is 7.07. The molecule has 2 N–H and O–H groups in total. The fourth-order valence-electron chi connectivity index (χ4n) is 1.17. The second-order valence-electron chi connectivity index (χ2n) is 4.08. The molecule has 3 unspecified atom stereocenters. The van der Waals surface area contributed by atoms with E-state index in [0.717, 1.165) is 11.9 Å². The summed E-state index contributed by atoms with van der Waals surface area (Å²) in [5, 5.41) is 11.8. The molecule has 120 valence electrons. The first kappa shape index (κ1) is 20.1. The lowest BCUT2D eigenvalue weighted by Crippen LogP contribution is -2.49. The summed E-state index contributed by atoms with van der Waals surface area (Å²) in [6, 6.07) is 7.78. The van der Waals surface area contributed by atoms with Gasteiger partial charge in [-0.3, -0.25) is 4.79 Å². The molecule has 1 amide bonds. The Morgan fingerprint density at radius 1 is 1.33 bits per heavy atom. The van der Waals surface area contributed by atoms with Crippen molar-refractivity contribution in [2.45, 2.75) is 24.0 Å². The molecule has 3 atom stereocenters. The maximum absolute atomic E-state index is 12.6. The van der Waals surface area contributed by atoms with E-state index in [1.807, 2.05) is 35.6 Å². The second kappa shape index (κ2) is 9.19. The fraction of sp³-hybridized carbons (Fsp3) is 0.417. The number of aliphatic hydroxyl groups is 1. The molecule has 0 saturated carbocycles. The molecule has 0 aliphatic carbocycles. The van der Waals surface area contributed by atoms with Crippen molar-refractivity contribution in [2.75, 3.05) is 6.26 Å². The van der Waals surface area contributed by atoms with Crippen LogP contribution in [0.2, 0.25) is 5.02 Å². The summed E-state index contributed by atoms with van der Waals surface area (Å²) in [6.45, 7) is 1.06. The topological polar surface area (TPSA) is 83.5 Å². The van der Waals surface area contributed by atoms with Gasteiger partial charge < -0.3 is 10.4 Å². The van der Waals surface area contributed by atoms with Crippen LogP contribution in [-0.4, -0.2) is 42.8 Å². The summed E-state index contributed by atoms with van der Waals surface area (Å²) in [6.07, 6.45) is 0.714. The summed E-state index contributed by atoms with van der Waals surface area (Å²) in [4.78, 5) is 10.5. The van der Waals surface area contributed by atoms with Crippen LogP contribution in [0.4, 0.5) is 4.39 Å². The van der Waals surface area contributed by atoms with Gasteiger partial charge in [0, 0.05) is 18.2 Å². The molecule has 1 aromatic carbocycles. The predicted octanol–water partition coefficient (Wildman–Crippen LogP) is 1.73. The number of aliphatic hydroxyl groups excluding tert-OH is 1. The van der Waals surface area contributed by atoms with Crippen LogP contribution in [0.15, 0.2) is 30.3 Å². The normalized spacial score (nSPS) is 15.1. The van der Waals surface area contributed by atoms with E-state index in [9.17, 15) is 17.6 Å². The molecule has 0 aliphatic rings. The van der Waals surface area contributed by atoms with Gasteiger partial charge in [0.25, 0.3) is 0 Å². The first-order valence-corrected chi connectivity index (χ1v) is 8.45. The van der Waals surface area contributed by atoms with E-state index in [4.69, 9.17) is 28.3 Å². The van der Waals surface area contributed by atoms with Crippen LogP contribution < -0.4 is 5.32 Å². The highest BCUT2D eigenvalue weighted by Crippen LogP contribution is 2.12. The third kappa shape index (κ3) is 8.87. The molecular weight excluding hydrogens is 344 g/mol. The van der Waals surface area contributed by atoms with E-state index in [1.54, 1.807) is 0 Å². The minimum Gasteiger partial charge on any atom is -0.375 e. The molecule has 0 aromatic heterocycles. The van der Waals surface area contributed by atoms with Gasteiger partial charge in [0.15, 0.2) is 20.9 Å². The summed E-state index contributed by atoms with van der Waals surface area (Å²) >= 11 is 10.5. The van der Waals surface area contributed by atoms with Gasteiger partial charge in [-0.25, -0.2) is 12.8 Å². The first-order valence-electron chi connectivity index (χ1n) is 5.68. The molecule has 21 heavy (non-hydrogen) atoms. The van der Waals surface area contributed by atoms with Crippen molar-refractivity contribution in [2.24, 2.45) is 0 Å². The molecule has 1 rings (SSSR count). The van der Waals surface area contributed by atoms with Crippen LogP contribution in [0, 0.1) is 0 Å². The number of benzene rings is 1. The van der Waals surface area contributed by atoms with Gasteiger partial charge in [0.1, 0.15) is 6.04 Å². The molecule has 5 nitrogen and oxygen atoms in total. The number of sulfone groups is 1. The maximum Gasteiger partial charge on any atom is 0.217 e. The van der Waals surface area contributed by atoms with Crippen molar-refractivity contribution < 1.29 is 22.7 Å². The van der Waals surface area contributed by atoms with Crippen molar-refractivity contribution in [1.29, 1.82) is 0 Å². The van der Waals surface area contributed by atoms with Crippen LogP contribution in [0.5, 0.6) is 0 Å². The Morgan fingerprint density at radius 2 is 1.81 bits per heavy atom. The molecule has 0 radical (unpaired) electrons. The zero-order valence-electron chi connectivity index (χ0n) is 11.3. The summed E-state index contributed by atoms with van der Waals surface area (Å²) in [5.41, 5.74) is -4.23. The van der Waals surface area contributed by atoms with E-state index < -0.39 is 32.9 Å². The lowest BCUT2D eigenvalue weighted by molar-refractivity contribution is -0.120. The number of halogens is 3. The minimum absolute atomic E-state index is 0.680. The number of nitrogens with one attached hydrogen (secondary N) is 1. The van der Waals surface area contributed by atoms with Gasteiger partial charge in [-0.1, -0.05) is 41.4 Å². The van der Waals surface area contributed by atoms with Crippen molar-refractivity contribution in [1.82, 2.24) is 5.32 Å². The highest BCUT2D eigenvalue weighted by Gasteiger charge is 2.34. The minimum atomic E-state index is -3.88. The van der Waals surface area contributed by atoms with E-state index in [0.29, 0.717) is 6.26 Å². The molecule has 9 heteroatoms. The number of hydrogen-bond donors (Lipinski definition) is 2. The number of alkyl halides is 2. The Bertz CT molecular complexity index is 539. The van der Waals surface area contributed by atoms with Crippen LogP contribution >= 0.6 is 23.2 Å². The molecule has 0 aliphatic heterocycles. The predicted molar refractivity (Wildman–Crippen MR) is 80.7 cm³/mol. The van der Waals surface area contributed by atoms with E-state index >= 15 is 0 Å². The molecule has 0 spiro atoms. The van der Waals surface area contributed by atoms with Crippen molar-refractivity contribution in [3.63, 3.8) is 0 Å². The van der Waals surface area contributed by atoms with E-state index in [-0.39, 0.29) is 0 Å². The molecule has 0 bridgehead atoms. The molecule has 0 saturated heterocycles. The summed E-state index contributed by atoms with van der Waals surface area (Å²) < 4.78 is 34.3. The van der Waals surface area contributed by atoms with Crippen LogP contribution in [0.1, 0.15) is 6.92 Å². The van der Waals surface area contributed by atoms with Crippen molar-refractivity contribution >= 4 is 38.9 Å². The van der Waals surface area contributed by atoms with Crippen LogP contribution in [0.25, 0.3) is 0 Å². The molecule has 0 heterocycles. The monoisotopic (exact) mass is 359 g/mol. The zero-order chi connectivity index (χ0) is 16.6. The number of amides is 1. The van der Waals surface area contributed by atoms with Gasteiger partial charge in [0.2, 0.25) is 5.91 Å². The zero-order valence-corrected chi connectivity index (χ0v) is 13.7. The van der Waals surface area contributed by atoms with Crippen LogP contribution in [-0.2, 0) is 14.6 Å². The standard InChI is InChI=1S/C6H11ClFNO4S.C6H5Cl/c1-3(10)9-4(5(7)8)6(11)14(2,12)13;7-6-4-2-1-3-5-6/h4-6,11H,1-2H3,(H,9,10);1-5H. The van der Waals surface area contributed by atoms with E-state index in [1.165, 1.54) is 0 Å². The SMILES string of the molecule is CC(=O)NC(C(F)Cl)C(O)S(C)(=O)=O.Clc1ccccc1. The quantitative estimate of drug-likeness (QED) is 0.801. The van der Waals surface area contributed by atoms with Crippen LogP contribution in [0.3, 0.4) is 0 Å². The smallest absolute Gasteiger partial charge is 0.217 e. The van der Waals surface area contributed by atoms with Crippen molar-refractivity contribution in [3.8, 4) is 0 Å². The van der Waals surface area contributed by atoms with Gasteiger partial charge in [0.05, 0.1) is 0 Å². The van der Waals surface area contributed by atoms with Gasteiger partial charge in [-0.05, 0) is 12.1 Å². The average molecular weight is 360 g/mol. The fourth-order valence-corrected chi connectivity index (χ4v) is 2.35. The molecule has 0 fully saturated rings. The lowest BCUT2D eigenvalue weighted by atomic mass is 10.3. The Labute approximate surface area is 133 Å². The number of carbonyl (C=O) groups excluding carboxylic acids is 1. The third-order valence-electron chi connectivity index (χ3n) is 2.12. The Kier molecular flexibility index (Phi) is 8.80. The summed E-state index contributed by atoms with van der Waals surface area (Å²) in [7, 11) is -3.88. The number of carbonyl (C=O) groups is 1. The lowest BCUT2D eigenvalue weighted by Gasteiger charge is -2.21. The Hall–Kier alpha value is -0.890. The van der Waals surface area contributed by atoms with Gasteiger partial charge >= 0.3 is 0 Å². The maximum atomic E-state index is 12.6. The third-order valence-corrected chi connectivity index (χ3v) is 3.81.